The molecule has 0 bridgehead atoms. The van der Waals surface area contributed by atoms with Crippen LogP contribution in [0, 0.1) is 18.3 Å². The molecule has 5 heteroatoms. The molecule has 0 atom stereocenters. The van der Waals surface area contributed by atoms with Gasteiger partial charge in [-0.05, 0) is 37.3 Å². The van der Waals surface area contributed by atoms with E-state index in [2.05, 4.69) is 10.3 Å². The molecule has 1 aromatic heterocycles. The monoisotopic (exact) mass is 271 g/mol. The van der Waals surface area contributed by atoms with Gasteiger partial charge in [0, 0.05) is 17.6 Å². The molecule has 0 saturated carbocycles. The number of carbonyl (C=O) groups is 1. The number of aromatic nitrogens is 1. The standard InChI is InChI=1S/C14H10ClN3O/c1-9-2-3-11(8-17-9)14(19)18-12-5-4-10(7-16)13(15)6-12/h2-6,8H,1H3,(H,18,19). The summed E-state index contributed by atoms with van der Waals surface area (Å²) in [4.78, 5) is 16.0. The number of amides is 1. The first-order chi connectivity index (χ1) is 9.10. The van der Waals surface area contributed by atoms with Crippen LogP contribution < -0.4 is 5.32 Å². The number of aryl methyl sites for hydroxylation is 1. The van der Waals surface area contributed by atoms with Crippen molar-refractivity contribution in [2.75, 3.05) is 5.32 Å². The quantitative estimate of drug-likeness (QED) is 0.912. The summed E-state index contributed by atoms with van der Waals surface area (Å²) >= 11 is 5.89. The molecule has 0 radical (unpaired) electrons. The minimum absolute atomic E-state index is 0.270. The fourth-order valence-corrected chi connectivity index (χ4v) is 1.71. The van der Waals surface area contributed by atoms with Crippen molar-refractivity contribution in [1.29, 1.82) is 5.26 Å². The van der Waals surface area contributed by atoms with E-state index in [0.717, 1.165) is 5.69 Å². The second kappa shape index (κ2) is 5.51. The molecular weight excluding hydrogens is 262 g/mol. The zero-order valence-corrected chi connectivity index (χ0v) is 10.9. The maximum atomic E-state index is 11.9. The first-order valence-corrected chi connectivity index (χ1v) is 5.91. The van der Waals surface area contributed by atoms with Gasteiger partial charge in [0.1, 0.15) is 6.07 Å². The lowest BCUT2D eigenvalue weighted by molar-refractivity contribution is 0.102. The fraction of sp³-hybridized carbons (Fsp3) is 0.0714. The van der Waals surface area contributed by atoms with Gasteiger partial charge < -0.3 is 5.32 Å². The molecule has 0 unspecified atom stereocenters. The smallest absolute Gasteiger partial charge is 0.257 e. The Kier molecular flexibility index (Phi) is 3.79. The zero-order chi connectivity index (χ0) is 13.8. The van der Waals surface area contributed by atoms with E-state index in [9.17, 15) is 4.79 Å². The van der Waals surface area contributed by atoms with Crippen LogP contribution in [-0.2, 0) is 0 Å². The maximum Gasteiger partial charge on any atom is 0.257 e. The van der Waals surface area contributed by atoms with Gasteiger partial charge in [-0.2, -0.15) is 5.26 Å². The van der Waals surface area contributed by atoms with Crippen molar-refractivity contribution in [3.05, 3.63) is 58.4 Å². The third-order valence-corrected chi connectivity index (χ3v) is 2.83. The van der Waals surface area contributed by atoms with Crippen molar-refractivity contribution in [2.24, 2.45) is 0 Å². The Bertz CT molecular complexity index is 659. The summed E-state index contributed by atoms with van der Waals surface area (Å²) in [5.74, 6) is -0.270. The number of pyridine rings is 1. The number of benzene rings is 1. The lowest BCUT2D eigenvalue weighted by Gasteiger charge is -2.06. The molecule has 0 aliphatic heterocycles. The van der Waals surface area contributed by atoms with Crippen LogP contribution >= 0.6 is 11.6 Å². The summed E-state index contributed by atoms with van der Waals surface area (Å²) in [6.07, 6.45) is 1.51. The largest absolute Gasteiger partial charge is 0.322 e. The number of hydrogen-bond donors (Lipinski definition) is 1. The van der Waals surface area contributed by atoms with Gasteiger partial charge in [0.2, 0.25) is 0 Å². The summed E-state index contributed by atoms with van der Waals surface area (Å²) in [5.41, 5.74) is 2.22. The molecule has 19 heavy (non-hydrogen) atoms. The fourth-order valence-electron chi connectivity index (χ4n) is 1.49. The van der Waals surface area contributed by atoms with Crippen LogP contribution in [0.15, 0.2) is 36.5 Å². The van der Waals surface area contributed by atoms with Crippen LogP contribution in [0.25, 0.3) is 0 Å². The number of nitrogens with one attached hydrogen (secondary N) is 1. The van der Waals surface area contributed by atoms with Gasteiger partial charge in [0.25, 0.3) is 5.91 Å². The van der Waals surface area contributed by atoms with Crippen LogP contribution in [0.1, 0.15) is 21.6 Å². The first kappa shape index (κ1) is 13.1. The second-order valence-corrected chi connectivity index (χ2v) is 4.36. The second-order valence-electron chi connectivity index (χ2n) is 3.95. The average Bonchev–Trinajstić information content (AvgIpc) is 2.39. The van der Waals surface area contributed by atoms with Crippen molar-refractivity contribution in [3.63, 3.8) is 0 Å². The molecule has 0 spiro atoms. The van der Waals surface area contributed by atoms with Crippen molar-refractivity contribution in [3.8, 4) is 6.07 Å². The third kappa shape index (κ3) is 3.09. The minimum Gasteiger partial charge on any atom is -0.322 e. The highest BCUT2D eigenvalue weighted by atomic mass is 35.5. The topological polar surface area (TPSA) is 65.8 Å². The van der Waals surface area contributed by atoms with Crippen LogP contribution in [0.5, 0.6) is 0 Å². The molecule has 0 fully saturated rings. The molecule has 1 amide bonds. The van der Waals surface area contributed by atoms with E-state index in [1.807, 2.05) is 13.0 Å². The van der Waals surface area contributed by atoms with E-state index in [1.54, 1.807) is 30.3 Å². The first-order valence-electron chi connectivity index (χ1n) is 5.54. The molecule has 0 aliphatic carbocycles. The predicted octanol–water partition coefficient (Wildman–Crippen LogP) is 3.17. The van der Waals surface area contributed by atoms with Gasteiger partial charge >= 0.3 is 0 Å². The number of rotatable bonds is 2. The van der Waals surface area contributed by atoms with Crippen molar-refractivity contribution in [2.45, 2.75) is 6.92 Å². The zero-order valence-electron chi connectivity index (χ0n) is 10.1. The van der Waals surface area contributed by atoms with Crippen LogP contribution in [-0.4, -0.2) is 10.9 Å². The van der Waals surface area contributed by atoms with Crippen molar-refractivity contribution >= 4 is 23.2 Å². The summed E-state index contributed by atoms with van der Waals surface area (Å²) in [7, 11) is 0. The minimum atomic E-state index is -0.270. The van der Waals surface area contributed by atoms with E-state index in [4.69, 9.17) is 16.9 Å². The molecule has 2 rings (SSSR count). The summed E-state index contributed by atoms with van der Waals surface area (Å²) < 4.78 is 0. The van der Waals surface area contributed by atoms with E-state index in [1.165, 1.54) is 6.20 Å². The Balaban J connectivity index is 2.17. The molecule has 94 valence electrons. The summed E-state index contributed by atoms with van der Waals surface area (Å²) in [6, 6.07) is 10.2. The van der Waals surface area contributed by atoms with E-state index in [-0.39, 0.29) is 5.91 Å². The normalized spacial score (nSPS) is 9.74. The predicted molar refractivity (Wildman–Crippen MR) is 73.1 cm³/mol. The van der Waals surface area contributed by atoms with Gasteiger partial charge in [0.15, 0.2) is 0 Å². The molecule has 0 aliphatic rings. The Morgan fingerprint density at radius 1 is 1.37 bits per heavy atom. The lowest BCUT2D eigenvalue weighted by Crippen LogP contribution is -2.12. The van der Waals surface area contributed by atoms with Crippen LogP contribution in [0.4, 0.5) is 5.69 Å². The highest BCUT2D eigenvalue weighted by molar-refractivity contribution is 6.32. The van der Waals surface area contributed by atoms with E-state index < -0.39 is 0 Å². The molecule has 0 saturated heterocycles. The van der Waals surface area contributed by atoms with Crippen LogP contribution in [0.3, 0.4) is 0 Å². The summed E-state index contributed by atoms with van der Waals surface area (Å²) in [6.45, 7) is 1.85. The number of anilines is 1. The molecule has 1 aromatic carbocycles. The number of carbonyl (C=O) groups excluding carboxylic acids is 1. The van der Waals surface area contributed by atoms with Gasteiger partial charge in [-0.25, -0.2) is 0 Å². The van der Waals surface area contributed by atoms with Gasteiger partial charge in [-0.3, -0.25) is 9.78 Å². The van der Waals surface area contributed by atoms with Crippen LogP contribution in [0.2, 0.25) is 5.02 Å². The van der Waals surface area contributed by atoms with Gasteiger partial charge in [-0.15, -0.1) is 0 Å². The van der Waals surface area contributed by atoms with Gasteiger partial charge in [0.05, 0.1) is 16.1 Å². The number of nitrogens with zero attached hydrogens (tertiary/aromatic N) is 2. The van der Waals surface area contributed by atoms with Crippen molar-refractivity contribution in [1.82, 2.24) is 4.98 Å². The Morgan fingerprint density at radius 2 is 2.16 bits per heavy atom. The van der Waals surface area contributed by atoms with Gasteiger partial charge in [-0.1, -0.05) is 11.6 Å². The van der Waals surface area contributed by atoms with E-state index in [0.29, 0.717) is 21.8 Å². The molecule has 1 heterocycles. The highest BCUT2D eigenvalue weighted by Gasteiger charge is 2.07. The molecular formula is C14H10ClN3O. The molecule has 1 N–H and O–H groups in total. The van der Waals surface area contributed by atoms with E-state index >= 15 is 0 Å². The number of halogens is 1. The number of hydrogen-bond acceptors (Lipinski definition) is 3. The number of nitriles is 1. The summed E-state index contributed by atoms with van der Waals surface area (Å²) in [5, 5.41) is 11.8. The molecule has 4 nitrogen and oxygen atoms in total. The van der Waals surface area contributed by atoms with Crippen molar-refractivity contribution < 1.29 is 4.79 Å². The highest BCUT2D eigenvalue weighted by Crippen LogP contribution is 2.20. The molecule has 2 aromatic rings. The average molecular weight is 272 g/mol. The maximum absolute atomic E-state index is 11.9. The Morgan fingerprint density at radius 3 is 2.74 bits per heavy atom. The third-order valence-electron chi connectivity index (χ3n) is 2.52. The Hall–Kier alpha value is -2.38. The Labute approximate surface area is 115 Å². The SMILES string of the molecule is Cc1ccc(C(=O)Nc2ccc(C#N)c(Cl)c2)cn1. The lowest BCUT2D eigenvalue weighted by atomic mass is 10.2.